The lowest BCUT2D eigenvalue weighted by atomic mass is 9.84. The highest BCUT2D eigenvalue weighted by atomic mass is 35.5. The maximum atomic E-state index is 11.9. The summed E-state index contributed by atoms with van der Waals surface area (Å²) in [5.74, 6) is 0.492. The average Bonchev–Trinajstić information content (AvgIpc) is 2.32. The van der Waals surface area contributed by atoms with E-state index >= 15 is 0 Å². The van der Waals surface area contributed by atoms with Crippen molar-refractivity contribution < 1.29 is 9.52 Å². The Balaban J connectivity index is 2.39. The first-order chi connectivity index (χ1) is 8.56. The predicted molar refractivity (Wildman–Crippen MR) is 70.3 cm³/mol. The van der Waals surface area contributed by atoms with Crippen LogP contribution in [0.1, 0.15) is 24.5 Å². The van der Waals surface area contributed by atoms with E-state index in [1.807, 2.05) is 0 Å². The van der Waals surface area contributed by atoms with Gasteiger partial charge >= 0.3 is 5.63 Å². The molecule has 0 bridgehead atoms. The number of rotatable bonds is 0. The van der Waals surface area contributed by atoms with Crippen LogP contribution in [-0.4, -0.2) is 5.11 Å². The Morgan fingerprint density at radius 1 is 1.39 bits per heavy atom. The molecule has 3 rings (SSSR count). The Labute approximate surface area is 109 Å². The van der Waals surface area contributed by atoms with E-state index < -0.39 is 0 Å². The molecule has 0 saturated heterocycles. The number of phenols is 1. The largest absolute Gasteiger partial charge is 0.506 e. The minimum Gasteiger partial charge on any atom is -0.506 e. The lowest BCUT2D eigenvalue weighted by Gasteiger charge is -2.21. The Kier molecular flexibility index (Phi) is 2.59. The van der Waals surface area contributed by atoms with Crippen LogP contribution in [-0.2, 0) is 12.8 Å². The summed E-state index contributed by atoms with van der Waals surface area (Å²) in [4.78, 5) is 11.9. The number of fused-ring (bicyclic) bond motifs is 3. The average molecular weight is 265 g/mol. The van der Waals surface area contributed by atoms with Gasteiger partial charge in [0.15, 0.2) is 0 Å². The van der Waals surface area contributed by atoms with Crippen LogP contribution in [0.2, 0.25) is 5.02 Å². The van der Waals surface area contributed by atoms with Crippen LogP contribution in [0, 0.1) is 5.92 Å². The highest BCUT2D eigenvalue weighted by Crippen LogP contribution is 2.34. The Morgan fingerprint density at radius 3 is 2.94 bits per heavy atom. The van der Waals surface area contributed by atoms with E-state index in [1.165, 1.54) is 6.07 Å². The summed E-state index contributed by atoms with van der Waals surface area (Å²) < 4.78 is 5.26. The summed E-state index contributed by atoms with van der Waals surface area (Å²) in [6.07, 6.45) is 2.63. The van der Waals surface area contributed by atoms with Gasteiger partial charge in [-0.05, 0) is 36.8 Å². The molecule has 18 heavy (non-hydrogen) atoms. The van der Waals surface area contributed by atoms with Crippen molar-refractivity contribution >= 4 is 22.6 Å². The van der Waals surface area contributed by atoms with E-state index in [2.05, 4.69) is 6.92 Å². The molecular weight excluding hydrogens is 252 g/mol. The van der Waals surface area contributed by atoms with Crippen molar-refractivity contribution in [2.24, 2.45) is 5.92 Å². The van der Waals surface area contributed by atoms with E-state index in [1.54, 1.807) is 6.07 Å². The summed E-state index contributed by atoms with van der Waals surface area (Å²) in [6.45, 7) is 2.17. The van der Waals surface area contributed by atoms with E-state index in [-0.39, 0.29) is 16.4 Å². The molecule has 0 amide bonds. The molecule has 1 atom stereocenters. The third-order valence-electron chi connectivity index (χ3n) is 3.63. The number of halogens is 1. The van der Waals surface area contributed by atoms with Crippen LogP contribution >= 0.6 is 11.6 Å². The summed E-state index contributed by atoms with van der Waals surface area (Å²) in [5, 5.41) is 10.7. The number of hydrogen-bond acceptors (Lipinski definition) is 3. The molecule has 0 spiro atoms. The highest BCUT2D eigenvalue weighted by Gasteiger charge is 2.22. The minimum absolute atomic E-state index is 0.0591. The van der Waals surface area contributed by atoms with E-state index in [9.17, 15) is 9.90 Å². The molecule has 94 valence electrons. The van der Waals surface area contributed by atoms with Gasteiger partial charge in [-0.3, -0.25) is 0 Å². The van der Waals surface area contributed by atoms with Crippen molar-refractivity contribution in [2.75, 3.05) is 0 Å². The van der Waals surface area contributed by atoms with Crippen LogP contribution < -0.4 is 5.63 Å². The smallest absolute Gasteiger partial charge is 0.339 e. The second kappa shape index (κ2) is 4.02. The molecular formula is C14H13ClO3. The first kappa shape index (κ1) is 11.6. The van der Waals surface area contributed by atoms with Crippen LogP contribution in [0.3, 0.4) is 0 Å². The van der Waals surface area contributed by atoms with Gasteiger partial charge < -0.3 is 9.52 Å². The monoisotopic (exact) mass is 264 g/mol. The molecule has 3 nitrogen and oxygen atoms in total. The minimum atomic E-state index is -0.286. The van der Waals surface area contributed by atoms with E-state index in [4.69, 9.17) is 16.0 Å². The lowest BCUT2D eigenvalue weighted by molar-refractivity contribution is 0.465. The molecule has 2 aromatic rings. The first-order valence-electron chi connectivity index (χ1n) is 6.03. The predicted octanol–water partition coefficient (Wildman–Crippen LogP) is 3.28. The van der Waals surface area contributed by atoms with Gasteiger partial charge in [-0.2, -0.15) is 0 Å². The lowest BCUT2D eigenvalue weighted by Crippen LogP contribution is -2.20. The van der Waals surface area contributed by atoms with Gasteiger partial charge in [0.1, 0.15) is 11.3 Å². The maximum absolute atomic E-state index is 11.9. The van der Waals surface area contributed by atoms with Gasteiger partial charge in [-0.25, -0.2) is 4.79 Å². The third kappa shape index (κ3) is 1.70. The molecule has 1 N–H and O–H groups in total. The van der Waals surface area contributed by atoms with Crippen molar-refractivity contribution in [3.63, 3.8) is 0 Å². The quantitative estimate of drug-likeness (QED) is 0.743. The summed E-state index contributed by atoms with van der Waals surface area (Å²) >= 11 is 5.94. The summed E-state index contributed by atoms with van der Waals surface area (Å²) in [5.41, 5.74) is 1.92. The molecule has 1 heterocycles. The zero-order chi connectivity index (χ0) is 12.9. The zero-order valence-corrected chi connectivity index (χ0v) is 10.8. The van der Waals surface area contributed by atoms with Crippen LogP contribution in [0.5, 0.6) is 5.75 Å². The summed E-state index contributed by atoms with van der Waals surface area (Å²) in [6, 6.07) is 3.10. The van der Waals surface area contributed by atoms with Crippen LogP contribution in [0.15, 0.2) is 21.3 Å². The maximum Gasteiger partial charge on any atom is 0.339 e. The SMILES string of the molecule is CC1CCc2c(c3cc(Cl)c(O)cc3oc2=O)C1. The van der Waals surface area contributed by atoms with Crippen molar-refractivity contribution in [2.45, 2.75) is 26.2 Å². The van der Waals surface area contributed by atoms with Gasteiger partial charge in [0.25, 0.3) is 0 Å². The van der Waals surface area contributed by atoms with E-state index in [0.717, 1.165) is 35.8 Å². The van der Waals surface area contributed by atoms with Crippen molar-refractivity contribution in [1.29, 1.82) is 0 Å². The number of phenolic OH excluding ortho intramolecular Hbond substituents is 1. The molecule has 1 aliphatic carbocycles. The fourth-order valence-corrected chi connectivity index (χ4v) is 2.80. The van der Waals surface area contributed by atoms with Crippen LogP contribution in [0.4, 0.5) is 0 Å². The standard InChI is InChI=1S/C14H13ClO3/c1-7-2-3-8-9(4-7)10-5-11(15)12(16)6-13(10)18-14(8)17/h5-7,16H,2-4H2,1H3. The van der Waals surface area contributed by atoms with Gasteiger partial charge in [0.05, 0.1) is 5.02 Å². The molecule has 0 radical (unpaired) electrons. The highest BCUT2D eigenvalue weighted by molar-refractivity contribution is 6.32. The zero-order valence-electron chi connectivity index (χ0n) is 10.00. The molecule has 1 aliphatic rings. The van der Waals surface area contributed by atoms with Gasteiger partial charge in [-0.1, -0.05) is 18.5 Å². The molecule has 1 aromatic carbocycles. The fraction of sp³-hybridized carbons (Fsp3) is 0.357. The van der Waals surface area contributed by atoms with Crippen LogP contribution in [0.25, 0.3) is 11.0 Å². The second-order valence-electron chi connectivity index (χ2n) is 4.99. The topological polar surface area (TPSA) is 50.4 Å². The van der Waals surface area contributed by atoms with E-state index in [0.29, 0.717) is 11.5 Å². The number of benzene rings is 1. The molecule has 1 unspecified atom stereocenters. The molecule has 1 aromatic heterocycles. The third-order valence-corrected chi connectivity index (χ3v) is 3.93. The molecule has 0 saturated carbocycles. The van der Waals surface area contributed by atoms with Gasteiger partial charge in [0.2, 0.25) is 0 Å². The van der Waals surface area contributed by atoms with Gasteiger partial charge in [0, 0.05) is 17.0 Å². The van der Waals surface area contributed by atoms with Gasteiger partial charge in [-0.15, -0.1) is 0 Å². The normalized spacial score (nSPS) is 18.9. The Hall–Kier alpha value is -1.48. The number of aromatic hydroxyl groups is 1. The Bertz CT molecular complexity index is 687. The van der Waals surface area contributed by atoms with Crippen molar-refractivity contribution in [3.05, 3.63) is 38.7 Å². The Morgan fingerprint density at radius 2 is 2.17 bits per heavy atom. The first-order valence-corrected chi connectivity index (χ1v) is 6.41. The van der Waals surface area contributed by atoms with Crippen molar-refractivity contribution in [3.8, 4) is 5.75 Å². The number of hydrogen-bond donors (Lipinski definition) is 1. The summed E-state index contributed by atoms with van der Waals surface area (Å²) in [7, 11) is 0. The molecule has 0 aliphatic heterocycles. The fourth-order valence-electron chi connectivity index (χ4n) is 2.64. The molecule has 0 fully saturated rings. The van der Waals surface area contributed by atoms with Crippen molar-refractivity contribution in [1.82, 2.24) is 0 Å². The second-order valence-corrected chi connectivity index (χ2v) is 5.40. The molecule has 4 heteroatoms.